The Labute approximate surface area is 118 Å². The van der Waals surface area contributed by atoms with Gasteiger partial charge in [-0.05, 0) is 30.0 Å². The molecule has 0 spiro atoms. The molecule has 18 heavy (non-hydrogen) atoms. The summed E-state index contributed by atoms with van der Waals surface area (Å²) in [5.41, 5.74) is 5.87. The van der Waals surface area contributed by atoms with Crippen LogP contribution in [-0.4, -0.2) is 15.8 Å². The Balaban J connectivity index is 2.39. The van der Waals surface area contributed by atoms with E-state index in [1.54, 1.807) is 30.6 Å². The summed E-state index contributed by atoms with van der Waals surface area (Å²) in [6.45, 7) is 0. The van der Waals surface area contributed by atoms with Crippen LogP contribution in [0.2, 0.25) is 10.0 Å². The topological polar surface area (TPSA) is 75.7 Å². The lowest BCUT2D eigenvalue weighted by Crippen LogP contribution is -2.12. The van der Waals surface area contributed by atoms with Crippen LogP contribution in [0, 0.1) is 5.41 Å². The molecule has 0 aliphatic rings. The fourth-order valence-corrected chi connectivity index (χ4v) is 2.58. The summed E-state index contributed by atoms with van der Waals surface area (Å²) in [6.07, 6.45) is 3.18. The summed E-state index contributed by atoms with van der Waals surface area (Å²) in [5.74, 6) is -0.101. The highest BCUT2D eigenvalue weighted by Gasteiger charge is 2.13. The van der Waals surface area contributed by atoms with Crippen LogP contribution >= 0.6 is 35.0 Å². The fraction of sp³-hybridized carbons (Fsp3) is 0. The first-order chi connectivity index (χ1) is 8.59. The van der Waals surface area contributed by atoms with Crippen molar-refractivity contribution in [2.45, 2.75) is 10.1 Å². The van der Waals surface area contributed by atoms with Gasteiger partial charge in [-0.2, -0.15) is 0 Å². The third-order valence-corrected chi connectivity index (χ3v) is 4.00. The zero-order valence-corrected chi connectivity index (χ0v) is 11.4. The third kappa shape index (κ3) is 2.75. The number of halogens is 2. The first-order valence-electron chi connectivity index (χ1n) is 4.87. The van der Waals surface area contributed by atoms with Gasteiger partial charge in [-0.15, -0.1) is 0 Å². The maximum atomic E-state index is 7.41. The van der Waals surface area contributed by atoms with Gasteiger partial charge in [-0.25, -0.2) is 9.97 Å². The van der Waals surface area contributed by atoms with Crippen LogP contribution in [0.4, 0.5) is 0 Å². The van der Waals surface area contributed by atoms with Crippen LogP contribution in [0.15, 0.2) is 40.6 Å². The van der Waals surface area contributed by atoms with Crippen molar-refractivity contribution in [3.8, 4) is 0 Å². The van der Waals surface area contributed by atoms with Crippen molar-refractivity contribution in [1.29, 1.82) is 5.41 Å². The van der Waals surface area contributed by atoms with Crippen molar-refractivity contribution in [2.75, 3.05) is 0 Å². The Morgan fingerprint density at radius 2 is 1.89 bits per heavy atom. The lowest BCUT2D eigenvalue weighted by Gasteiger charge is -2.07. The van der Waals surface area contributed by atoms with Crippen LogP contribution < -0.4 is 5.73 Å². The highest BCUT2D eigenvalue weighted by molar-refractivity contribution is 7.99. The van der Waals surface area contributed by atoms with E-state index in [1.807, 2.05) is 0 Å². The van der Waals surface area contributed by atoms with Crippen LogP contribution in [0.1, 0.15) is 5.56 Å². The average molecular weight is 299 g/mol. The van der Waals surface area contributed by atoms with Crippen molar-refractivity contribution in [3.05, 3.63) is 46.2 Å². The first kappa shape index (κ1) is 13.1. The molecule has 4 nitrogen and oxygen atoms in total. The lowest BCUT2D eigenvalue weighted by atomic mass is 10.2. The maximum absolute atomic E-state index is 7.41. The molecular formula is C11H8Cl2N4S. The second kappa shape index (κ2) is 5.56. The molecule has 0 aliphatic carbocycles. The Kier molecular flexibility index (Phi) is 4.06. The maximum Gasteiger partial charge on any atom is 0.124 e. The molecule has 2 rings (SSSR count). The summed E-state index contributed by atoms with van der Waals surface area (Å²) >= 11 is 13.4. The van der Waals surface area contributed by atoms with Crippen LogP contribution in [-0.2, 0) is 0 Å². The van der Waals surface area contributed by atoms with E-state index in [2.05, 4.69) is 9.97 Å². The van der Waals surface area contributed by atoms with E-state index in [0.717, 1.165) is 0 Å². The molecule has 0 bridgehead atoms. The summed E-state index contributed by atoms with van der Waals surface area (Å²) in [7, 11) is 0. The van der Waals surface area contributed by atoms with E-state index in [4.69, 9.17) is 34.3 Å². The minimum absolute atomic E-state index is 0.101. The predicted molar refractivity (Wildman–Crippen MR) is 73.6 cm³/mol. The summed E-state index contributed by atoms with van der Waals surface area (Å²) in [4.78, 5) is 8.27. The molecular weight excluding hydrogens is 291 g/mol. The average Bonchev–Trinajstić information content (AvgIpc) is 2.34. The summed E-state index contributed by atoms with van der Waals surface area (Å²) < 4.78 is 0. The third-order valence-electron chi connectivity index (χ3n) is 2.07. The molecule has 0 aromatic carbocycles. The predicted octanol–water partition coefficient (Wildman–Crippen LogP) is 3.22. The number of pyridine rings is 2. The van der Waals surface area contributed by atoms with Crippen molar-refractivity contribution < 1.29 is 0 Å². The number of nitrogens with one attached hydrogen (secondary N) is 1. The van der Waals surface area contributed by atoms with E-state index in [9.17, 15) is 0 Å². The van der Waals surface area contributed by atoms with Gasteiger partial charge in [0.1, 0.15) is 15.9 Å². The van der Waals surface area contributed by atoms with E-state index in [1.165, 1.54) is 11.8 Å². The van der Waals surface area contributed by atoms with Gasteiger partial charge in [0.25, 0.3) is 0 Å². The molecule has 2 aromatic heterocycles. The Bertz CT molecular complexity index is 603. The number of nitrogens with two attached hydrogens (primary N) is 1. The molecule has 7 heteroatoms. The molecule has 0 saturated heterocycles. The van der Waals surface area contributed by atoms with Crippen LogP contribution in [0.5, 0.6) is 0 Å². The number of amidine groups is 1. The Morgan fingerprint density at radius 1 is 1.17 bits per heavy atom. The molecule has 92 valence electrons. The molecule has 0 amide bonds. The van der Waals surface area contributed by atoms with Crippen molar-refractivity contribution in [2.24, 2.45) is 5.73 Å². The zero-order valence-electron chi connectivity index (χ0n) is 9.02. The van der Waals surface area contributed by atoms with Gasteiger partial charge in [-0.1, -0.05) is 23.2 Å². The quantitative estimate of drug-likeness (QED) is 0.674. The first-order valence-corrected chi connectivity index (χ1v) is 6.44. The molecule has 0 fully saturated rings. The zero-order chi connectivity index (χ0) is 13.1. The van der Waals surface area contributed by atoms with Crippen molar-refractivity contribution in [3.63, 3.8) is 0 Å². The number of nitrogens with zero attached hydrogens (tertiary/aromatic N) is 2. The number of hydrogen-bond acceptors (Lipinski definition) is 4. The summed E-state index contributed by atoms with van der Waals surface area (Å²) in [6, 6.07) is 5.07. The standard InChI is InChI=1S/C11H8Cl2N4S/c12-7-2-1-4-16-10(7)18-11-8(13)6(9(14)15)3-5-17-11/h1-5H,(H3,14,15). The number of rotatable bonds is 3. The summed E-state index contributed by atoms with van der Waals surface area (Å²) in [5, 5.41) is 9.39. The number of hydrogen-bond donors (Lipinski definition) is 2. The molecule has 2 aromatic rings. The van der Waals surface area contributed by atoms with Gasteiger partial charge in [0.05, 0.1) is 10.0 Å². The second-order valence-corrected chi connectivity index (χ2v) is 5.05. The van der Waals surface area contributed by atoms with E-state index in [-0.39, 0.29) is 5.84 Å². The molecule has 2 heterocycles. The largest absolute Gasteiger partial charge is 0.384 e. The molecule has 0 saturated carbocycles. The normalized spacial score (nSPS) is 10.3. The number of nitrogen functional groups attached to an aromatic ring is 1. The molecule has 0 unspecified atom stereocenters. The Hall–Kier alpha value is -1.30. The second-order valence-electron chi connectivity index (χ2n) is 3.28. The smallest absolute Gasteiger partial charge is 0.124 e. The molecule has 3 N–H and O–H groups in total. The van der Waals surface area contributed by atoms with E-state index >= 15 is 0 Å². The van der Waals surface area contributed by atoms with Crippen LogP contribution in [0.25, 0.3) is 0 Å². The van der Waals surface area contributed by atoms with Gasteiger partial charge >= 0.3 is 0 Å². The number of aromatic nitrogens is 2. The van der Waals surface area contributed by atoms with E-state index in [0.29, 0.717) is 25.7 Å². The van der Waals surface area contributed by atoms with Gasteiger partial charge < -0.3 is 5.73 Å². The van der Waals surface area contributed by atoms with Gasteiger partial charge in [0, 0.05) is 18.0 Å². The molecule has 0 atom stereocenters. The van der Waals surface area contributed by atoms with Gasteiger partial charge in [0.15, 0.2) is 0 Å². The van der Waals surface area contributed by atoms with Gasteiger partial charge in [0.2, 0.25) is 0 Å². The minimum atomic E-state index is -0.101. The SMILES string of the molecule is N=C(N)c1ccnc(Sc2ncccc2Cl)c1Cl. The monoisotopic (exact) mass is 298 g/mol. The van der Waals surface area contributed by atoms with Crippen molar-refractivity contribution >= 4 is 40.8 Å². The highest BCUT2D eigenvalue weighted by atomic mass is 35.5. The Morgan fingerprint density at radius 3 is 2.56 bits per heavy atom. The van der Waals surface area contributed by atoms with E-state index < -0.39 is 0 Å². The molecule has 0 radical (unpaired) electrons. The fourth-order valence-electron chi connectivity index (χ4n) is 1.24. The molecule has 0 aliphatic heterocycles. The van der Waals surface area contributed by atoms with Crippen LogP contribution in [0.3, 0.4) is 0 Å². The lowest BCUT2D eigenvalue weighted by molar-refractivity contribution is 1.09. The highest BCUT2D eigenvalue weighted by Crippen LogP contribution is 2.35. The van der Waals surface area contributed by atoms with Gasteiger partial charge in [-0.3, -0.25) is 5.41 Å². The minimum Gasteiger partial charge on any atom is -0.384 e. The van der Waals surface area contributed by atoms with Crippen molar-refractivity contribution in [1.82, 2.24) is 9.97 Å².